The molecule has 0 spiro atoms. The standard InChI is InChI=1S/C12H16FN3O/c1-8-2-3-15-11(4-8)12(17)16-10-5-9(13)6-14-7-10/h5-8,11,15H,2-4H2,1H3,(H,16,17). The van der Waals surface area contributed by atoms with Crippen LogP contribution in [0.2, 0.25) is 0 Å². The van der Waals surface area contributed by atoms with Gasteiger partial charge >= 0.3 is 0 Å². The van der Waals surface area contributed by atoms with Gasteiger partial charge in [-0.25, -0.2) is 4.39 Å². The average Bonchev–Trinajstić information content (AvgIpc) is 2.29. The van der Waals surface area contributed by atoms with E-state index < -0.39 is 5.82 Å². The number of piperidine rings is 1. The maximum absolute atomic E-state index is 12.9. The molecule has 2 rings (SSSR count). The van der Waals surface area contributed by atoms with E-state index in [1.807, 2.05) is 0 Å². The number of hydrogen-bond donors (Lipinski definition) is 2. The molecule has 2 heterocycles. The highest BCUT2D eigenvalue weighted by molar-refractivity contribution is 5.94. The number of nitrogens with one attached hydrogen (secondary N) is 2. The molecule has 1 aromatic rings. The SMILES string of the molecule is CC1CCNC(C(=O)Nc2cncc(F)c2)C1. The van der Waals surface area contributed by atoms with Gasteiger partial charge in [-0.05, 0) is 25.3 Å². The average molecular weight is 237 g/mol. The van der Waals surface area contributed by atoms with Crippen LogP contribution in [0.4, 0.5) is 10.1 Å². The first kappa shape index (κ1) is 12.0. The first-order chi connectivity index (χ1) is 8.15. The lowest BCUT2D eigenvalue weighted by Gasteiger charge is -2.27. The quantitative estimate of drug-likeness (QED) is 0.820. The van der Waals surface area contributed by atoms with Gasteiger partial charge in [-0.3, -0.25) is 9.78 Å². The largest absolute Gasteiger partial charge is 0.323 e. The summed E-state index contributed by atoms with van der Waals surface area (Å²) < 4.78 is 12.9. The Morgan fingerprint density at radius 1 is 1.59 bits per heavy atom. The molecule has 17 heavy (non-hydrogen) atoms. The Bertz CT molecular complexity index is 410. The highest BCUT2D eigenvalue weighted by Gasteiger charge is 2.24. The summed E-state index contributed by atoms with van der Waals surface area (Å²) in [5, 5.41) is 5.83. The van der Waals surface area contributed by atoms with Gasteiger partial charge in [-0.1, -0.05) is 6.92 Å². The van der Waals surface area contributed by atoms with Crippen molar-refractivity contribution in [2.45, 2.75) is 25.8 Å². The highest BCUT2D eigenvalue weighted by Crippen LogP contribution is 2.16. The molecule has 1 fully saturated rings. The van der Waals surface area contributed by atoms with Crippen molar-refractivity contribution in [1.82, 2.24) is 10.3 Å². The maximum Gasteiger partial charge on any atom is 0.241 e. The van der Waals surface area contributed by atoms with E-state index in [2.05, 4.69) is 22.5 Å². The number of rotatable bonds is 2. The number of pyridine rings is 1. The lowest BCUT2D eigenvalue weighted by Crippen LogP contribution is -2.45. The molecule has 2 unspecified atom stereocenters. The fourth-order valence-corrected chi connectivity index (χ4v) is 2.02. The summed E-state index contributed by atoms with van der Waals surface area (Å²) >= 11 is 0. The number of halogens is 1. The normalized spacial score (nSPS) is 24.4. The minimum atomic E-state index is -0.451. The molecule has 1 amide bonds. The molecule has 1 aliphatic heterocycles. The van der Waals surface area contributed by atoms with Crippen molar-refractivity contribution < 1.29 is 9.18 Å². The van der Waals surface area contributed by atoms with Crippen LogP contribution in [0, 0.1) is 11.7 Å². The molecule has 0 saturated carbocycles. The summed E-state index contributed by atoms with van der Waals surface area (Å²) in [5.74, 6) is -0.0330. The Morgan fingerprint density at radius 2 is 2.41 bits per heavy atom. The van der Waals surface area contributed by atoms with Gasteiger partial charge < -0.3 is 10.6 Å². The van der Waals surface area contributed by atoms with Gasteiger partial charge in [-0.2, -0.15) is 0 Å². The molecule has 0 aromatic carbocycles. The number of nitrogens with zero attached hydrogens (tertiary/aromatic N) is 1. The maximum atomic E-state index is 12.9. The van der Waals surface area contributed by atoms with E-state index >= 15 is 0 Å². The van der Waals surface area contributed by atoms with Crippen molar-refractivity contribution in [1.29, 1.82) is 0 Å². The molecule has 0 bridgehead atoms. The molecule has 1 saturated heterocycles. The Kier molecular flexibility index (Phi) is 3.68. The van der Waals surface area contributed by atoms with Crippen LogP contribution in [0.25, 0.3) is 0 Å². The molecular formula is C12H16FN3O. The smallest absolute Gasteiger partial charge is 0.241 e. The van der Waals surface area contributed by atoms with E-state index in [1.54, 1.807) is 0 Å². The van der Waals surface area contributed by atoms with Crippen molar-refractivity contribution in [3.63, 3.8) is 0 Å². The van der Waals surface area contributed by atoms with Crippen LogP contribution in [0.3, 0.4) is 0 Å². The zero-order valence-electron chi connectivity index (χ0n) is 9.74. The van der Waals surface area contributed by atoms with Crippen LogP contribution in [-0.4, -0.2) is 23.5 Å². The van der Waals surface area contributed by atoms with E-state index in [4.69, 9.17) is 0 Å². The Hall–Kier alpha value is -1.49. The summed E-state index contributed by atoms with van der Waals surface area (Å²) in [5.41, 5.74) is 0.398. The molecule has 0 aliphatic carbocycles. The predicted molar refractivity (Wildman–Crippen MR) is 63.0 cm³/mol. The van der Waals surface area contributed by atoms with Crippen molar-refractivity contribution in [2.24, 2.45) is 5.92 Å². The zero-order valence-corrected chi connectivity index (χ0v) is 9.74. The van der Waals surface area contributed by atoms with E-state index in [0.29, 0.717) is 11.6 Å². The molecule has 2 N–H and O–H groups in total. The van der Waals surface area contributed by atoms with Crippen LogP contribution < -0.4 is 10.6 Å². The van der Waals surface area contributed by atoms with Crippen LogP contribution in [0.15, 0.2) is 18.5 Å². The molecule has 92 valence electrons. The van der Waals surface area contributed by atoms with Gasteiger partial charge in [0.2, 0.25) is 5.91 Å². The predicted octanol–water partition coefficient (Wildman–Crippen LogP) is 1.55. The number of hydrogen-bond acceptors (Lipinski definition) is 3. The van der Waals surface area contributed by atoms with E-state index in [1.165, 1.54) is 12.3 Å². The van der Waals surface area contributed by atoms with Gasteiger partial charge in [0, 0.05) is 6.07 Å². The van der Waals surface area contributed by atoms with E-state index in [0.717, 1.165) is 25.6 Å². The minimum Gasteiger partial charge on any atom is -0.323 e. The second-order valence-electron chi connectivity index (χ2n) is 4.52. The second-order valence-corrected chi connectivity index (χ2v) is 4.52. The summed E-state index contributed by atoms with van der Waals surface area (Å²) in [6, 6.07) is 1.07. The Balaban J connectivity index is 1.96. The lowest BCUT2D eigenvalue weighted by atomic mass is 9.94. The first-order valence-corrected chi connectivity index (χ1v) is 5.80. The zero-order chi connectivity index (χ0) is 12.3. The molecule has 4 nitrogen and oxygen atoms in total. The van der Waals surface area contributed by atoms with Crippen LogP contribution in [0.1, 0.15) is 19.8 Å². The van der Waals surface area contributed by atoms with Crippen LogP contribution in [0.5, 0.6) is 0 Å². The summed E-state index contributed by atoms with van der Waals surface area (Å²) in [7, 11) is 0. The van der Waals surface area contributed by atoms with Gasteiger partial charge in [0.15, 0.2) is 0 Å². The van der Waals surface area contributed by atoms with Crippen LogP contribution >= 0.6 is 0 Å². The molecule has 1 aliphatic rings. The number of amides is 1. The Labute approximate surface area is 99.6 Å². The van der Waals surface area contributed by atoms with Gasteiger partial charge in [0.1, 0.15) is 5.82 Å². The fourth-order valence-electron chi connectivity index (χ4n) is 2.02. The minimum absolute atomic E-state index is 0.121. The monoisotopic (exact) mass is 237 g/mol. The fraction of sp³-hybridized carbons (Fsp3) is 0.500. The number of carbonyl (C=O) groups excluding carboxylic acids is 1. The highest BCUT2D eigenvalue weighted by atomic mass is 19.1. The molecule has 2 atom stereocenters. The van der Waals surface area contributed by atoms with E-state index in [9.17, 15) is 9.18 Å². The van der Waals surface area contributed by atoms with Crippen molar-refractivity contribution >= 4 is 11.6 Å². The molecule has 0 radical (unpaired) electrons. The topological polar surface area (TPSA) is 54.0 Å². The third-order valence-corrected chi connectivity index (χ3v) is 2.95. The van der Waals surface area contributed by atoms with Crippen molar-refractivity contribution in [3.05, 3.63) is 24.3 Å². The van der Waals surface area contributed by atoms with Gasteiger partial charge in [0.25, 0.3) is 0 Å². The first-order valence-electron chi connectivity index (χ1n) is 5.80. The lowest BCUT2D eigenvalue weighted by molar-refractivity contribution is -0.119. The molecular weight excluding hydrogens is 221 g/mol. The van der Waals surface area contributed by atoms with Crippen molar-refractivity contribution in [3.8, 4) is 0 Å². The second kappa shape index (κ2) is 5.23. The number of aromatic nitrogens is 1. The van der Waals surface area contributed by atoms with Crippen molar-refractivity contribution in [2.75, 3.05) is 11.9 Å². The van der Waals surface area contributed by atoms with Gasteiger partial charge in [-0.15, -0.1) is 0 Å². The van der Waals surface area contributed by atoms with Gasteiger partial charge in [0.05, 0.1) is 24.1 Å². The summed E-state index contributed by atoms with van der Waals surface area (Å²) in [6.45, 7) is 2.98. The summed E-state index contributed by atoms with van der Waals surface area (Å²) in [6.07, 6.45) is 4.45. The molecule has 1 aromatic heterocycles. The summed E-state index contributed by atoms with van der Waals surface area (Å²) in [4.78, 5) is 15.6. The Morgan fingerprint density at radius 3 is 3.12 bits per heavy atom. The number of carbonyl (C=O) groups is 1. The molecule has 5 heteroatoms. The third-order valence-electron chi connectivity index (χ3n) is 2.95. The van der Waals surface area contributed by atoms with E-state index in [-0.39, 0.29) is 11.9 Å². The van der Waals surface area contributed by atoms with Crippen LogP contribution in [-0.2, 0) is 4.79 Å². The number of anilines is 1. The third kappa shape index (κ3) is 3.23.